The van der Waals surface area contributed by atoms with Crippen molar-refractivity contribution in [3.8, 4) is 0 Å². The molecule has 104 valence electrons. The van der Waals surface area contributed by atoms with Crippen LogP contribution in [-0.2, 0) is 16.1 Å². The minimum Gasteiger partial charge on any atom is -0.481 e. The normalized spacial score (nSPS) is 17.0. The van der Waals surface area contributed by atoms with Crippen LogP contribution < -0.4 is 5.32 Å². The van der Waals surface area contributed by atoms with Gasteiger partial charge in [-0.15, -0.1) is 0 Å². The van der Waals surface area contributed by atoms with Crippen molar-refractivity contribution in [3.05, 3.63) is 34.4 Å². The second-order valence-corrected chi connectivity index (χ2v) is 5.54. The van der Waals surface area contributed by atoms with E-state index in [0.717, 1.165) is 0 Å². The van der Waals surface area contributed by atoms with Gasteiger partial charge in [-0.25, -0.2) is 0 Å². The highest BCUT2D eigenvalue weighted by Crippen LogP contribution is 2.27. The van der Waals surface area contributed by atoms with Crippen molar-refractivity contribution in [1.82, 2.24) is 5.32 Å². The smallest absolute Gasteiger partial charge is 0.315 e. The molecule has 0 unspecified atom stereocenters. The maximum absolute atomic E-state index is 11.2. The van der Waals surface area contributed by atoms with E-state index in [9.17, 15) is 9.90 Å². The number of carboxylic acids is 1. The average molecular weight is 263 g/mol. The Labute approximate surface area is 113 Å². The van der Waals surface area contributed by atoms with E-state index in [1.165, 1.54) is 22.3 Å². The third-order valence-electron chi connectivity index (χ3n) is 3.94. The van der Waals surface area contributed by atoms with Gasteiger partial charge in [0.15, 0.2) is 0 Å². The summed E-state index contributed by atoms with van der Waals surface area (Å²) in [4.78, 5) is 11.2. The highest BCUT2D eigenvalue weighted by molar-refractivity contribution is 5.76. The average Bonchev–Trinajstić information content (AvgIpc) is 2.28. The van der Waals surface area contributed by atoms with Crippen molar-refractivity contribution >= 4 is 5.97 Å². The molecule has 4 nitrogen and oxygen atoms in total. The van der Waals surface area contributed by atoms with Crippen LogP contribution in [0.25, 0.3) is 0 Å². The first kappa shape index (κ1) is 14.0. The summed E-state index contributed by atoms with van der Waals surface area (Å²) in [5.74, 6) is -0.775. The molecule has 0 aliphatic carbocycles. The Hall–Kier alpha value is -1.39. The molecule has 1 aromatic rings. The van der Waals surface area contributed by atoms with Crippen molar-refractivity contribution < 1.29 is 14.6 Å². The van der Waals surface area contributed by atoms with Crippen LogP contribution in [0.5, 0.6) is 0 Å². The summed E-state index contributed by atoms with van der Waals surface area (Å²) in [6.45, 7) is 8.05. The van der Waals surface area contributed by atoms with Crippen molar-refractivity contribution in [3.63, 3.8) is 0 Å². The summed E-state index contributed by atoms with van der Waals surface area (Å²) >= 11 is 0. The first-order valence-electron chi connectivity index (χ1n) is 6.53. The van der Waals surface area contributed by atoms with E-state index in [0.29, 0.717) is 26.3 Å². The van der Waals surface area contributed by atoms with Gasteiger partial charge in [-0.3, -0.25) is 4.79 Å². The molecule has 0 spiro atoms. The third-order valence-corrected chi connectivity index (χ3v) is 3.94. The number of ether oxygens (including phenoxy) is 1. The number of aryl methyl sites for hydroxylation is 3. The fraction of sp³-hybridized carbons (Fsp3) is 0.533. The van der Waals surface area contributed by atoms with Crippen LogP contribution in [0.2, 0.25) is 0 Å². The lowest BCUT2D eigenvalue weighted by atomic mass is 9.86. The van der Waals surface area contributed by atoms with Crippen LogP contribution in [0.3, 0.4) is 0 Å². The molecular formula is C15H21NO3. The topological polar surface area (TPSA) is 58.6 Å². The molecule has 2 rings (SSSR count). The molecule has 2 N–H and O–H groups in total. The Morgan fingerprint density at radius 1 is 1.26 bits per heavy atom. The molecule has 0 aromatic heterocycles. The van der Waals surface area contributed by atoms with E-state index in [4.69, 9.17) is 4.74 Å². The molecule has 0 saturated carbocycles. The lowest BCUT2D eigenvalue weighted by molar-refractivity contribution is -0.178. The van der Waals surface area contributed by atoms with Crippen LogP contribution in [-0.4, -0.2) is 30.8 Å². The lowest BCUT2D eigenvalue weighted by Gasteiger charge is -2.37. The van der Waals surface area contributed by atoms with Crippen LogP contribution in [0.15, 0.2) is 12.1 Å². The maximum atomic E-state index is 11.2. The summed E-state index contributed by atoms with van der Waals surface area (Å²) in [5, 5.41) is 12.4. The number of hydrogen-bond donors (Lipinski definition) is 2. The molecule has 1 fully saturated rings. The molecule has 1 aliphatic heterocycles. The van der Waals surface area contributed by atoms with Gasteiger partial charge in [0.25, 0.3) is 0 Å². The summed E-state index contributed by atoms with van der Waals surface area (Å²) in [5.41, 5.74) is 4.29. The zero-order valence-electron chi connectivity index (χ0n) is 11.7. The van der Waals surface area contributed by atoms with Crippen molar-refractivity contribution in [2.45, 2.75) is 27.3 Å². The molecule has 19 heavy (non-hydrogen) atoms. The quantitative estimate of drug-likeness (QED) is 0.850. The number of benzene rings is 1. The number of rotatable bonds is 5. The molecule has 4 heteroatoms. The van der Waals surface area contributed by atoms with Gasteiger partial charge in [-0.05, 0) is 43.0 Å². The number of nitrogens with one attached hydrogen (secondary N) is 1. The van der Waals surface area contributed by atoms with E-state index in [-0.39, 0.29) is 0 Å². The number of carboxylic acid groups (broad SMARTS) is 1. The number of hydrogen-bond acceptors (Lipinski definition) is 3. The Morgan fingerprint density at radius 2 is 1.89 bits per heavy atom. The molecule has 1 aromatic carbocycles. The Bertz CT molecular complexity index is 492. The van der Waals surface area contributed by atoms with Crippen LogP contribution in [0.1, 0.15) is 22.3 Å². The van der Waals surface area contributed by atoms with Gasteiger partial charge in [0.05, 0.1) is 13.2 Å². The Balaban J connectivity index is 1.96. The molecule has 1 saturated heterocycles. The van der Waals surface area contributed by atoms with E-state index in [1.54, 1.807) is 0 Å². The SMILES string of the molecule is Cc1cc(C)c(CNCC2(C(=O)O)COC2)cc1C. The van der Waals surface area contributed by atoms with Crippen molar-refractivity contribution in [1.29, 1.82) is 0 Å². The highest BCUT2D eigenvalue weighted by atomic mass is 16.5. The largest absolute Gasteiger partial charge is 0.481 e. The standard InChI is InChI=1S/C15H21NO3/c1-10-4-12(3)13(5-11(10)2)6-16-7-15(14(17)18)8-19-9-15/h4-5,16H,6-9H2,1-3H3,(H,17,18). The summed E-state index contributed by atoms with van der Waals surface area (Å²) in [6, 6.07) is 4.34. The van der Waals surface area contributed by atoms with Crippen LogP contribution in [0.4, 0.5) is 0 Å². The van der Waals surface area contributed by atoms with Gasteiger partial charge in [0.2, 0.25) is 0 Å². The fourth-order valence-corrected chi connectivity index (χ4v) is 2.30. The highest BCUT2D eigenvalue weighted by Gasteiger charge is 2.45. The lowest BCUT2D eigenvalue weighted by Crippen LogP contribution is -2.55. The van der Waals surface area contributed by atoms with Gasteiger partial charge < -0.3 is 15.2 Å². The maximum Gasteiger partial charge on any atom is 0.315 e. The number of aliphatic carboxylic acids is 1. The molecular weight excluding hydrogens is 242 g/mol. The zero-order chi connectivity index (χ0) is 14.0. The van der Waals surface area contributed by atoms with Gasteiger partial charge in [-0.1, -0.05) is 12.1 Å². The third kappa shape index (κ3) is 2.80. The van der Waals surface area contributed by atoms with Crippen LogP contribution in [0, 0.1) is 26.2 Å². The first-order chi connectivity index (χ1) is 8.94. The minimum absolute atomic E-state index is 0.307. The van der Waals surface area contributed by atoms with Gasteiger partial charge in [0, 0.05) is 13.1 Å². The molecule has 0 amide bonds. The molecule has 1 aliphatic rings. The summed E-state index contributed by atoms with van der Waals surface area (Å²) < 4.78 is 5.04. The van der Waals surface area contributed by atoms with E-state index >= 15 is 0 Å². The number of carbonyl (C=O) groups is 1. The predicted molar refractivity (Wildman–Crippen MR) is 73.2 cm³/mol. The van der Waals surface area contributed by atoms with E-state index in [2.05, 4.69) is 38.2 Å². The Kier molecular flexibility index (Phi) is 3.92. The molecule has 0 atom stereocenters. The summed E-state index contributed by atoms with van der Waals surface area (Å²) in [6.07, 6.45) is 0. The van der Waals surface area contributed by atoms with E-state index in [1.807, 2.05) is 0 Å². The minimum atomic E-state index is -0.775. The summed E-state index contributed by atoms with van der Waals surface area (Å²) in [7, 11) is 0. The van der Waals surface area contributed by atoms with Gasteiger partial charge in [-0.2, -0.15) is 0 Å². The van der Waals surface area contributed by atoms with Gasteiger partial charge in [0.1, 0.15) is 5.41 Å². The van der Waals surface area contributed by atoms with E-state index < -0.39 is 11.4 Å². The second kappa shape index (κ2) is 5.31. The predicted octanol–water partition coefficient (Wildman–Crippen LogP) is 1.80. The second-order valence-electron chi connectivity index (χ2n) is 5.54. The zero-order valence-corrected chi connectivity index (χ0v) is 11.7. The van der Waals surface area contributed by atoms with Crippen molar-refractivity contribution in [2.24, 2.45) is 5.41 Å². The van der Waals surface area contributed by atoms with Gasteiger partial charge >= 0.3 is 5.97 Å². The molecule has 1 heterocycles. The first-order valence-corrected chi connectivity index (χ1v) is 6.53. The Morgan fingerprint density at radius 3 is 2.42 bits per heavy atom. The van der Waals surface area contributed by atoms with Crippen molar-refractivity contribution in [2.75, 3.05) is 19.8 Å². The van der Waals surface area contributed by atoms with Crippen LogP contribution >= 0.6 is 0 Å². The monoisotopic (exact) mass is 263 g/mol. The fourth-order valence-electron chi connectivity index (χ4n) is 2.30. The molecule has 0 radical (unpaired) electrons. The molecule has 0 bridgehead atoms.